The van der Waals surface area contributed by atoms with E-state index < -0.39 is 23.4 Å². The summed E-state index contributed by atoms with van der Waals surface area (Å²) in [4.78, 5) is 12.0. The summed E-state index contributed by atoms with van der Waals surface area (Å²) in [6.07, 6.45) is 2.49. The molecule has 2 saturated heterocycles. The van der Waals surface area contributed by atoms with Gasteiger partial charge >= 0.3 is 0 Å². The number of rotatable bonds is 5. The predicted molar refractivity (Wildman–Crippen MR) is 119 cm³/mol. The Kier molecular flexibility index (Phi) is 6.00. The van der Waals surface area contributed by atoms with Crippen LogP contribution in [0.4, 0.5) is 4.39 Å². The summed E-state index contributed by atoms with van der Waals surface area (Å²) in [5, 5.41) is 16.1. The van der Waals surface area contributed by atoms with Crippen LogP contribution in [0.15, 0.2) is 53.7 Å². The van der Waals surface area contributed by atoms with Crippen molar-refractivity contribution in [2.24, 2.45) is 0 Å². The van der Waals surface area contributed by atoms with Crippen LogP contribution in [0.2, 0.25) is 10.0 Å². The molecule has 3 aromatic rings. The maximum absolute atomic E-state index is 13.9. The summed E-state index contributed by atoms with van der Waals surface area (Å²) in [6.45, 7) is 0.400. The molecule has 0 bridgehead atoms. The first-order valence-corrected chi connectivity index (χ1v) is 11.4. The molecule has 2 aliphatic rings. The van der Waals surface area contributed by atoms with Gasteiger partial charge in [0.1, 0.15) is 35.6 Å². The van der Waals surface area contributed by atoms with E-state index in [4.69, 9.17) is 32.7 Å². The van der Waals surface area contributed by atoms with E-state index in [1.54, 1.807) is 41.3 Å². The molecule has 2 fully saturated rings. The lowest BCUT2D eigenvalue weighted by atomic mass is 9.93. The van der Waals surface area contributed by atoms with Crippen molar-refractivity contribution < 1.29 is 23.8 Å². The number of nitrogens with zero attached hydrogens (tertiary/aromatic N) is 2. The van der Waals surface area contributed by atoms with Crippen molar-refractivity contribution >= 4 is 41.2 Å². The molecule has 5 atom stereocenters. The van der Waals surface area contributed by atoms with Gasteiger partial charge in [0.05, 0.1) is 17.8 Å². The molecule has 0 saturated carbocycles. The highest BCUT2D eigenvalue weighted by Gasteiger charge is 2.52. The Morgan fingerprint density at radius 2 is 2.06 bits per heavy atom. The fourth-order valence-electron chi connectivity index (χ4n) is 3.89. The molecule has 6 nitrogen and oxygen atoms in total. The van der Waals surface area contributed by atoms with Crippen molar-refractivity contribution in [2.75, 3.05) is 6.61 Å². The Morgan fingerprint density at radius 3 is 2.78 bits per heavy atom. The van der Waals surface area contributed by atoms with E-state index in [-0.39, 0.29) is 17.2 Å². The van der Waals surface area contributed by atoms with Gasteiger partial charge in [0, 0.05) is 27.2 Å². The molecule has 32 heavy (non-hydrogen) atoms. The number of hydrogen-bond acceptors (Lipinski definition) is 6. The third kappa shape index (κ3) is 3.96. The van der Waals surface area contributed by atoms with Gasteiger partial charge in [-0.3, -0.25) is 9.48 Å². The quantitative estimate of drug-likeness (QED) is 0.521. The Bertz CT molecular complexity index is 1180. The van der Waals surface area contributed by atoms with Crippen LogP contribution in [-0.4, -0.2) is 51.5 Å². The molecule has 5 unspecified atom stereocenters. The molecule has 3 heterocycles. The van der Waals surface area contributed by atoms with Crippen LogP contribution in [0.5, 0.6) is 0 Å². The molecule has 0 radical (unpaired) electrons. The highest BCUT2D eigenvalue weighted by molar-refractivity contribution is 8.00. The molecule has 166 valence electrons. The molecule has 2 aliphatic heterocycles. The number of halogens is 3. The first-order valence-electron chi connectivity index (χ1n) is 9.80. The topological polar surface area (TPSA) is 73.6 Å². The molecular weight excluding hydrogens is 478 g/mol. The lowest BCUT2D eigenvalue weighted by Gasteiger charge is -2.50. The molecule has 1 aromatic heterocycles. The van der Waals surface area contributed by atoms with E-state index in [0.717, 1.165) is 6.29 Å². The number of aromatic nitrogens is 2. The largest absolute Gasteiger partial charge is 0.387 e. The zero-order valence-corrected chi connectivity index (χ0v) is 18.7. The van der Waals surface area contributed by atoms with Crippen LogP contribution in [0, 0.1) is 5.82 Å². The van der Waals surface area contributed by atoms with Crippen LogP contribution in [0.3, 0.4) is 0 Å². The van der Waals surface area contributed by atoms with Crippen molar-refractivity contribution in [2.45, 2.75) is 34.7 Å². The predicted octanol–water partition coefficient (Wildman–Crippen LogP) is 4.63. The van der Waals surface area contributed by atoms with E-state index in [2.05, 4.69) is 5.10 Å². The number of aliphatic hydroxyl groups is 1. The van der Waals surface area contributed by atoms with Gasteiger partial charge < -0.3 is 14.6 Å². The number of carbonyl (C=O) groups excluding carboxylic acids is 1. The molecule has 5 rings (SSSR count). The van der Waals surface area contributed by atoms with Crippen molar-refractivity contribution in [3.8, 4) is 11.1 Å². The first kappa shape index (κ1) is 21.9. The minimum Gasteiger partial charge on any atom is -0.387 e. The Hall–Kier alpha value is -1.94. The van der Waals surface area contributed by atoms with Gasteiger partial charge in [-0.15, -0.1) is 0 Å². The van der Waals surface area contributed by atoms with Crippen molar-refractivity contribution in [3.05, 3.63) is 70.2 Å². The number of ether oxygens (including phenoxy) is 2. The smallest absolute Gasteiger partial charge is 0.151 e. The first-order chi connectivity index (χ1) is 15.4. The van der Waals surface area contributed by atoms with E-state index in [9.17, 15) is 14.3 Å². The van der Waals surface area contributed by atoms with Crippen molar-refractivity contribution in [3.63, 3.8) is 0 Å². The summed E-state index contributed by atoms with van der Waals surface area (Å²) in [5.74, 6) is -0.519. The summed E-state index contributed by atoms with van der Waals surface area (Å²) in [6, 6.07) is 8.94. The summed E-state index contributed by atoms with van der Waals surface area (Å²) < 4.78 is 27.2. The normalized spacial score (nSPS) is 26.9. The fraction of sp³-hybridized carbons (Fsp3) is 0.273. The molecule has 0 amide bonds. The highest BCUT2D eigenvalue weighted by Crippen LogP contribution is 2.43. The van der Waals surface area contributed by atoms with Gasteiger partial charge in [0.2, 0.25) is 0 Å². The summed E-state index contributed by atoms with van der Waals surface area (Å²) >= 11 is 13.1. The van der Waals surface area contributed by atoms with Gasteiger partial charge in [0.25, 0.3) is 0 Å². The fourth-order valence-corrected chi connectivity index (χ4v) is 5.44. The second-order valence-electron chi connectivity index (χ2n) is 7.58. The number of benzene rings is 2. The monoisotopic (exact) mass is 494 g/mol. The van der Waals surface area contributed by atoms with Crippen LogP contribution in [0.25, 0.3) is 11.1 Å². The maximum Gasteiger partial charge on any atom is 0.151 e. The van der Waals surface area contributed by atoms with E-state index in [1.165, 1.54) is 23.9 Å². The molecular formula is C22H17Cl2FN2O4S. The number of hydrogen-bond donors (Lipinski definition) is 1. The number of thioether (sulfide) groups is 1. The lowest BCUT2D eigenvalue weighted by molar-refractivity contribution is -0.266. The zero-order valence-electron chi connectivity index (χ0n) is 16.4. The van der Waals surface area contributed by atoms with E-state index in [0.29, 0.717) is 33.2 Å². The Labute approximate surface area is 197 Å². The van der Waals surface area contributed by atoms with Gasteiger partial charge in [0.15, 0.2) is 6.29 Å². The summed E-state index contributed by atoms with van der Waals surface area (Å²) in [5.41, 5.74) is 1.09. The Balaban J connectivity index is 1.43. The molecule has 2 aromatic carbocycles. The van der Waals surface area contributed by atoms with Gasteiger partial charge in [-0.05, 0) is 35.9 Å². The average Bonchev–Trinajstić information content (AvgIpc) is 3.24. The van der Waals surface area contributed by atoms with Gasteiger partial charge in [-0.1, -0.05) is 41.0 Å². The number of aldehydes is 1. The third-order valence-electron chi connectivity index (χ3n) is 5.60. The van der Waals surface area contributed by atoms with Crippen LogP contribution >= 0.6 is 35.0 Å². The maximum atomic E-state index is 13.9. The molecule has 10 heteroatoms. The summed E-state index contributed by atoms with van der Waals surface area (Å²) in [7, 11) is 0. The van der Waals surface area contributed by atoms with Gasteiger partial charge in [-0.2, -0.15) is 5.10 Å². The second kappa shape index (κ2) is 8.78. The number of carbonyl (C=O) groups is 1. The molecule has 0 spiro atoms. The lowest BCUT2D eigenvalue weighted by Crippen LogP contribution is -2.62. The van der Waals surface area contributed by atoms with E-state index >= 15 is 0 Å². The van der Waals surface area contributed by atoms with Crippen molar-refractivity contribution in [1.82, 2.24) is 9.78 Å². The molecule has 1 N–H and O–H groups in total. The van der Waals surface area contributed by atoms with Crippen LogP contribution in [0.1, 0.15) is 16.4 Å². The SMILES string of the molecule is O=Cc1ccc(Cl)cc1SC1OC2COC2C(n2cc(-c3ccc(Cl)c(F)c3)cn2)C1O. The van der Waals surface area contributed by atoms with Gasteiger partial charge in [-0.25, -0.2) is 4.39 Å². The Morgan fingerprint density at radius 1 is 1.22 bits per heavy atom. The average molecular weight is 495 g/mol. The van der Waals surface area contributed by atoms with E-state index in [1.807, 2.05) is 0 Å². The van der Waals surface area contributed by atoms with Crippen molar-refractivity contribution in [1.29, 1.82) is 0 Å². The second-order valence-corrected chi connectivity index (χ2v) is 9.56. The molecule has 0 aliphatic carbocycles. The minimum atomic E-state index is -0.991. The minimum absolute atomic E-state index is 0.0438. The highest BCUT2D eigenvalue weighted by atomic mass is 35.5. The van der Waals surface area contributed by atoms with Crippen LogP contribution < -0.4 is 0 Å². The number of aliphatic hydroxyl groups excluding tert-OH is 1. The number of fused-ring (bicyclic) bond motifs is 1. The third-order valence-corrected chi connectivity index (χ3v) is 7.37. The van der Waals surface area contributed by atoms with Crippen LogP contribution in [-0.2, 0) is 9.47 Å². The standard InChI is InChI=1S/C22H17Cl2FN2O4S/c23-14-3-1-12(9-28)18(6-14)32-22-20(29)19(21-17(31-22)10-30-21)27-8-13(7-26-27)11-2-4-15(24)16(25)5-11/h1-9,17,19-22,29H,10H2. The zero-order chi connectivity index (χ0) is 22.4.